The molecule has 0 aliphatic carbocycles. The molecule has 0 N–H and O–H groups in total. The number of imide groups is 1. The fourth-order valence-electron chi connectivity index (χ4n) is 3.77. The molecule has 38 heavy (non-hydrogen) atoms. The van der Waals surface area contributed by atoms with Crippen molar-refractivity contribution in [3.63, 3.8) is 0 Å². The molecular formula is C28H49NO9. The Morgan fingerprint density at radius 2 is 1.61 bits per heavy atom. The summed E-state index contributed by atoms with van der Waals surface area (Å²) in [4.78, 5) is 40.5. The molecule has 2 amide bonds. The van der Waals surface area contributed by atoms with E-state index in [2.05, 4.69) is 6.58 Å². The van der Waals surface area contributed by atoms with E-state index < -0.39 is 53.7 Å². The van der Waals surface area contributed by atoms with Gasteiger partial charge in [-0.05, 0) is 88.0 Å². The van der Waals surface area contributed by atoms with Crippen molar-refractivity contribution in [2.24, 2.45) is 0 Å². The average molecular weight is 544 g/mol. The maximum Gasteiger partial charge on any atom is 0.420 e. The van der Waals surface area contributed by atoms with Gasteiger partial charge in [0.2, 0.25) is 0 Å². The Kier molecular flexibility index (Phi) is 13.2. The molecular weight excluding hydrogens is 494 g/mol. The normalized spacial score (nSPS) is 23.8. The van der Waals surface area contributed by atoms with Crippen molar-refractivity contribution in [2.75, 3.05) is 20.3 Å². The van der Waals surface area contributed by atoms with Gasteiger partial charge >= 0.3 is 18.2 Å². The molecule has 1 fully saturated rings. The Labute approximate surface area is 228 Å². The number of carbonyl (C=O) groups excluding carboxylic acids is 3. The first-order chi connectivity index (χ1) is 17.4. The van der Waals surface area contributed by atoms with Gasteiger partial charge in [-0.25, -0.2) is 14.4 Å². The van der Waals surface area contributed by atoms with Crippen LogP contribution in [0.4, 0.5) is 9.59 Å². The zero-order valence-corrected chi connectivity index (χ0v) is 25.0. The lowest BCUT2D eigenvalue weighted by Gasteiger charge is -2.33. The molecule has 1 aliphatic heterocycles. The summed E-state index contributed by atoms with van der Waals surface area (Å²) in [6.07, 6.45) is -1.90. The van der Waals surface area contributed by atoms with Gasteiger partial charge in [-0.1, -0.05) is 12.2 Å². The first-order valence-electron chi connectivity index (χ1n) is 13.3. The molecule has 0 aromatic rings. The van der Waals surface area contributed by atoms with E-state index in [9.17, 15) is 14.4 Å². The molecule has 0 saturated carbocycles. The van der Waals surface area contributed by atoms with E-state index in [1.54, 1.807) is 55.6 Å². The zero-order valence-electron chi connectivity index (χ0n) is 25.0. The summed E-state index contributed by atoms with van der Waals surface area (Å²) in [6, 6.07) is -1.24. The van der Waals surface area contributed by atoms with E-state index in [-0.39, 0.29) is 12.5 Å². The second-order valence-electron chi connectivity index (χ2n) is 11.9. The molecule has 0 bridgehead atoms. The zero-order chi connectivity index (χ0) is 29.3. The van der Waals surface area contributed by atoms with Crippen LogP contribution in [0.25, 0.3) is 0 Å². The van der Waals surface area contributed by atoms with Crippen molar-refractivity contribution >= 4 is 18.2 Å². The van der Waals surface area contributed by atoms with E-state index >= 15 is 0 Å². The van der Waals surface area contributed by atoms with Gasteiger partial charge < -0.3 is 28.4 Å². The summed E-state index contributed by atoms with van der Waals surface area (Å²) < 4.78 is 34.3. The molecule has 0 spiro atoms. The number of methoxy groups -OCH3 is 1. The summed E-state index contributed by atoms with van der Waals surface area (Å²) in [6.45, 7) is 20.2. The Balaban J connectivity index is 3.29. The van der Waals surface area contributed by atoms with Crippen LogP contribution in [0.5, 0.6) is 0 Å². The molecule has 10 nitrogen and oxygen atoms in total. The maximum absolute atomic E-state index is 13.4. The second kappa shape index (κ2) is 14.8. The van der Waals surface area contributed by atoms with Gasteiger partial charge in [-0.3, -0.25) is 0 Å². The molecule has 1 aliphatic rings. The van der Waals surface area contributed by atoms with E-state index in [0.29, 0.717) is 32.5 Å². The Morgan fingerprint density at radius 1 is 1.05 bits per heavy atom. The predicted octanol–water partition coefficient (Wildman–Crippen LogP) is 5.41. The monoisotopic (exact) mass is 543 g/mol. The third-order valence-electron chi connectivity index (χ3n) is 5.64. The molecule has 1 heterocycles. The standard InChI is InChI=1S/C28H49NO9/c1-18(2)17-35-22-14-12-13-21(24(30)36-20(4)23(22)34-16-15-19(3)33-11)29(25(31)37-27(5,6)7)26(32)38-28(8,9)10/h19-23H,1,12-17H2,2-11H3/t19?,20-,21-,22-,23-/m0/s1. The molecule has 220 valence electrons. The van der Waals surface area contributed by atoms with Gasteiger partial charge in [-0.15, -0.1) is 0 Å². The van der Waals surface area contributed by atoms with Gasteiger partial charge in [0.1, 0.15) is 29.5 Å². The van der Waals surface area contributed by atoms with Crippen LogP contribution in [0.2, 0.25) is 0 Å². The Hall–Kier alpha value is -2.17. The lowest BCUT2D eigenvalue weighted by Crippen LogP contribution is -2.53. The molecule has 10 heteroatoms. The summed E-state index contributed by atoms with van der Waals surface area (Å²) >= 11 is 0. The van der Waals surface area contributed by atoms with Gasteiger partial charge in [-0.2, -0.15) is 4.90 Å². The van der Waals surface area contributed by atoms with Crippen LogP contribution >= 0.6 is 0 Å². The number of amides is 2. The van der Waals surface area contributed by atoms with Crippen molar-refractivity contribution in [1.82, 2.24) is 4.90 Å². The minimum atomic E-state index is -1.24. The van der Waals surface area contributed by atoms with Crippen molar-refractivity contribution in [3.8, 4) is 0 Å². The summed E-state index contributed by atoms with van der Waals surface area (Å²) in [5.74, 6) is -0.742. The molecule has 1 rings (SSSR count). The van der Waals surface area contributed by atoms with E-state index in [4.69, 9.17) is 28.4 Å². The number of nitrogens with zero attached hydrogens (tertiary/aromatic N) is 1. The SMILES string of the molecule is C=C(C)CO[C@H]1CCC[C@H](N(C(=O)OC(C)(C)C)C(=O)OC(C)(C)C)C(=O)O[C@@H](C)[C@@H]1OCCC(C)OC. The summed E-state index contributed by atoms with van der Waals surface area (Å²) in [5, 5.41) is 0. The summed E-state index contributed by atoms with van der Waals surface area (Å²) in [7, 11) is 1.63. The largest absolute Gasteiger partial charge is 0.458 e. The first-order valence-corrected chi connectivity index (χ1v) is 13.3. The highest BCUT2D eigenvalue weighted by atomic mass is 16.6. The quantitative estimate of drug-likeness (QED) is 0.214. The number of hydrogen-bond donors (Lipinski definition) is 0. The van der Waals surface area contributed by atoms with Crippen LogP contribution in [-0.2, 0) is 33.2 Å². The first kappa shape index (κ1) is 33.9. The number of hydrogen-bond acceptors (Lipinski definition) is 9. The fourth-order valence-corrected chi connectivity index (χ4v) is 3.77. The van der Waals surface area contributed by atoms with Crippen LogP contribution in [0.3, 0.4) is 0 Å². The number of esters is 1. The fraction of sp³-hybridized carbons (Fsp3) is 0.821. The third-order valence-corrected chi connectivity index (χ3v) is 5.64. The summed E-state index contributed by atoms with van der Waals surface area (Å²) in [5.41, 5.74) is -0.945. The number of ether oxygens (including phenoxy) is 6. The maximum atomic E-state index is 13.4. The lowest BCUT2D eigenvalue weighted by atomic mass is 10.0. The number of carbonyl (C=O) groups is 3. The third kappa shape index (κ3) is 12.1. The Bertz CT molecular complexity index is 771. The highest BCUT2D eigenvalue weighted by Crippen LogP contribution is 2.26. The molecule has 1 saturated heterocycles. The highest BCUT2D eigenvalue weighted by Gasteiger charge is 2.43. The van der Waals surface area contributed by atoms with Gasteiger partial charge in [0.15, 0.2) is 0 Å². The van der Waals surface area contributed by atoms with Crippen molar-refractivity contribution in [2.45, 2.75) is 130 Å². The average Bonchev–Trinajstić information content (AvgIpc) is 2.79. The van der Waals surface area contributed by atoms with Crippen LogP contribution in [0, 0.1) is 0 Å². The van der Waals surface area contributed by atoms with E-state index in [0.717, 1.165) is 10.5 Å². The number of cyclic esters (lactones) is 1. The topological polar surface area (TPSA) is 110 Å². The minimum absolute atomic E-state index is 0.000394. The molecule has 1 unspecified atom stereocenters. The van der Waals surface area contributed by atoms with Gasteiger partial charge in [0.25, 0.3) is 0 Å². The second-order valence-corrected chi connectivity index (χ2v) is 11.9. The number of rotatable bonds is 9. The molecule has 0 radical (unpaired) electrons. The van der Waals surface area contributed by atoms with Crippen LogP contribution in [-0.4, -0.2) is 85.0 Å². The van der Waals surface area contributed by atoms with Crippen LogP contribution < -0.4 is 0 Å². The van der Waals surface area contributed by atoms with E-state index in [1.807, 2.05) is 13.8 Å². The smallest absolute Gasteiger partial charge is 0.420 e. The van der Waals surface area contributed by atoms with Gasteiger partial charge in [0.05, 0.1) is 18.8 Å². The van der Waals surface area contributed by atoms with Crippen molar-refractivity contribution in [1.29, 1.82) is 0 Å². The minimum Gasteiger partial charge on any atom is -0.458 e. The molecule has 5 atom stereocenters. The van der Waals surface area contributed by atoms with Crippen molar-refractivity contribution < 1.29 is 42.8 Å². The molecule has 0 aromatic carbocycles. The van der Waals surface area contributed by atoms with Crippen LogP contribution in [0.15, 0.2) is 12.2 Å². The van der Waals surface area contributed by atoms with Crippen molar-refractivity contribution in [3.05, 3.63) is 12.2 Å². The molecule has 0 aromatic heterocycles. The highest BCUT2D eigenvalue weighted by molar-refractivity contribution is 5.94. The lowest BCUT2D eigenvalue weighted by molar-refractivity contribution is -0.170. The van der Waals surface area contributed by atoms with Crippen LogP contribution in [0.1, 0.15) is 88.0 Å². The van der Waals surface area contributed by atoms with Gasteiger partial charge in [0, 0.05) is 13.7 Å². The Morgan fingerprint density at radius 3 is 2.08 bits per heavy atom. The predicted molar refractivity (Wildman–Crippen MR) is 143 cm³/mol. The van der Waals surface area contributed by atoms with E-state index in [1.165, 1.54) is 0 Å².